The Labute approximate surface area is 131 Å². The molecule has 22 heavy (non-hydrogen) atoms. The summed E-state index contributed by atoms with van der Waals surface area (Å²) in [5.41, 5.74) is -0.158. The Morgan fingerprint density at radius 3 is 2.41 bits per heavy atom. The largest absolute Gasteiger partial charge is 0.467 e. The molecule has 1 aromatic heterocycles. The number of carbonyl (C=O) groups is 2. The Balaban J connectivity index is 1.86. The Morgan fingerprint density at radius 1 is 1.23 bits per heavy atom. The number of carbonyl (C=O) groups excluding carboxylic acids is 2. The molecule has 6 nitrogen and oxygen atoms in total. The zero-order valence-electron chi connectivity index (χ0n) is 13.7. The fraction of sp³-hybridized carbons (Fsp3) is 0.625. The zero-order chi connectivity index (χ0) is 16.4. The Morgan fingerprint density at radius 2 is 1.86 bits per heavy atom. The molecular formula is C16H25N3O3. The van der Waals surface area contributed by atoms with E-state index in [1.807, 2.05) is 0 Å². The van der Waals surface area contributed by atoms with Crippen LogP contribution in [0.3, 0.4) is 0 Å². The first-order chi connectivity index (χ1) is 10.2. The maximum absolute atomic E-state index is 12.0. The van der Waals surface area contributed by atoms with Gasteiger partial charge in [-0.15, -0.1) is 0 Å². The highest BCUT2D eigenvalue weighted by molar-refractivity contribution is 6.35. The molecule has 1 saturated heterocycles. The van der Waals surface area contributed by atoms with E-state index in [0.717, 1.165) is 12.8 Å². The van der Waals surface area contributed by atoms with Gasteiger partial charge in [-0.1, -0.05) is 0 Å². The minimum absolute atomic E-state index is 0.0203. The highest BCUT2D eigenvalue weighted by Gasteiger charge is 2.38. The molecule has 3 N–H and O–H groups in total. The van der Waals surface area contributed by atoms with E-state index in [-0.39, 0.29) is 23.7 Å². The van der Waals surface area contributed by atoms with E-state index >= 15 is 0 Å². The Kier molecular flexibility index (Phi) is 4.60. The molecule has 0 atom stereocenters. The number of nitrogens with one attached hydrogen (secondary N) is 3. The Bertz CT molecular complexity index is 519. The van der Waals surface area contributed by atoms with Crippen LogP contribution in [0.25, 0.3) is 0 Å². The lowest BCUT2D eigenvalue weighted by Gasteiger charge is -2.46. The second-order valence-corrected chi connectivity index (χ2v) is 7.23. The summed E-state index contributed by atoms with van der Waals surface area (Å²) in [6.07, 6.45) is 3.10. The van der Waals surface area contributed by atoms with Crippen LogP contribution in [-0.2, 0) is 16.1 Å². The predicted octanol–water partition coefficient (Wildman–Crippen LogP) is 1.32. The van der Waals surface area contributed by atoms with E-state index in [2.05, 4.69) is 43.6 Å². The van der Waals surface area contributed by atoms with Crippen LogP contribution in [0, 0.1) is 0 Å². The second-order valence-electron chi connectivity index (χ2n) is 7.23. The van der Waals surface area contributed by atoms with Gasteiger partial charge in [0.15, 0.2) is 0 Å². The number of hydrogen-bond donors (Lipinski definition) is 3. The molecule has 0 spiro atoms. The summed E-state index contributed by atoms with van der Waals surface area (Å²) in [5, 5.41) is 8.94. The topological polar surface area (TPSA) is 83.4 Å². The second kappa shape index (κ2) is 6.12. The van der Waals surface area contributed by atoms with Gasteiger partial charge in [-0.2, -0.15) is 0 Å². The number of rotatable bonds is 3. The van der Waals surface area contributed by atoms with Gasteiger partial charge >= 0.3 is 11.8 Å². The van der Waals surface area contributed by atoms with Gasteiger partial charge in [0.1, 0.15) is 5.76 Å². The fourth-order valence-electron chi connectivity index (χ4n) is 3.34. The first kappa shape index (κ1) is 16.5. The molecule has 122 valence electrons. The number of piperidine rings is 1. The third-order valence-corrected chi connectivity index (χ3v) is 3.73. The van der Waals surface area contributed by atoms with Crippen molar-refractivity contribution in [3.63, 3.8) is 0 Å². The molecule has 0 unspecified atom stereocenters. The van der Waals surface area contributed by atoms with Crippen molar-refractivity contribution in [1.29, 1.82) is 0 Å². The molecule has 2 heterocycles. The summed E-state index contributed by atoms with van der Waals surface area (Å²) >= 11 is 0. The van der Waals surface area contributed by atoms with Gasteiger partial charge in [-0.05, 0) is 52.7 Å². The van der Waals surface area contributed by atoms with E-state index in [9.17, 15) is 9.59 Å². The average molecular weight is 307 g/mol. The fourth-order valence-corrected chi connectivity index (χ4v) is 3.34. The van der Waals surface area contributed by atoms with Gasteiger partial charge in [-0.3, -0.25) is 9.59 Å². The highest BCUT2D eigenvalue weighted by Crippen LogP contribution is 2.28. The number of hydrogen-bond acceptors (Lipinski definition) is 4. The molecule has 0 aliphatic carbocycles. The standard InChI is InChI=1S/C16H25N3O3/c1-15(2)8-11(9-16(3,4)19-15)18-14(21)13(20)17-10-12-6-5-7-22-12/h5-7,11,19H,8-10H2,1-4H3,(H,17,20)(H,18,21). The molecular weight excluding hydrogens is 282 g/mol. The van der Waals surface area contributed by atoms with Crippen molar-refractivity contribution < 1.29 is 14.0 Å². The van der Waals surface area contributed by atoms with Crippen molar-refractivity contribution in [1.82, 2.24) is 16.0 Å². The molecule has 0 saturated carbocycles. The predicted molar refractivity (Wildman–Crippen MR) is 83.0 cm³/mol. The summed E-state index contributed by atoms with van der Waals surface area (Å²) in [4.78, 5) is 23.9. The highest BCUT2D eigenvalue weighted by atomic mass is 16.3. The van der Waals surface area contributed by atoms with Gasteiger partial charge in [-0.25, -0.2) is 0 Å². The zero-order valence-corrected chi connectivity index (χ0v) is 13.7. The lowest BCUT2D eigenvalue weighted by atomic mass is 9.79. The van der Waals surface area contributed by atoms with Crippen LogP contribution in [0.1, 0.15) is 46.3 Å². The molecule has 0 aromatic carbocycles. The van der Waals surface area contributed by atoms with Crippen LogP contribution in [-0.4, -0.2) is 28.9 Å². The van der Waals surface area contributed by atoms with Crippen LogP contribution in [0.4, 0.5) is 0 Å². The third-order valence-electron chi connectivity index (χ3n) is 3.73. The smallest absolute Gasteiger partial charge is 0.309 e. The first-order valence-electron chi connectivity index (χ1n) is 7.57. The monoisotopic (exact) mass is 307 g/mol. The van der Waals surface area contributed by atoms with Crippen LogP contribution < -0.4 is 16.0 Å². The van der Waals surface area contributed by atoms with Crippen molar-refractivity contribution in [3.8, 4) is 0 Å². The summed E-state index contributed by atoms with van der Waals surface area (Å²) in [5.74, 6) is -0.610. The molecule has 1 aromatic rings. The van der Waals surface area contributed by atoms with E-state index in [1.54, 1.807) is 12.1 Å². The quantitative estimate of drug-likeness (QED) is 0.736. The van der Waals surface area contributed by atoms with Crippen molar-refractivity contribution >= 4 is 11.8 Å². The van der Waals surface area contributed by atoms with Gasteiger partial charge in [0.05, 0.1) is 12.8 Å². The average Bonchev–Trinajstić information content (AvgIpc) is 2.84. The minimum Gasteiger partial charge on any atom is -0.467 e. The van der Waals surface area contributed by atoms with Crippen LogP contribution in [0.15, 0.2) is 22.8 Å². The van der Waals surface area contributed by atoms with Gasteiger partial charge in [0, 0.05) is 17.1 Å². The van der Waals surface area contributed by atoms with E-state index in [0.29, 0.717) is 5.76 Å². The maximum atomic E-state index is 12.0. The lowest BCUT2D eigenvalue weighted by molar-refractivity contribution is -0.140. The van der Waals surface area contributed by atoms with E-state index in [1.165, 1.54) is 6.26 Å². The molecule has 0 bridgehead atoms. The first-order valence-corrected chi connectivity index (χ1v) is 7.57. The molecule has 1 fully saturated rings. The van der Waals surface area contributed by atoms with E-state index in [4.69, 9.17) is 4.42 Å². The lowest BCUT2D eigenvalue weighted by Crippen LogP contribution is -2.62. The van der Waals surface area contributed by atoms with E-state index < -0.39 is 11.8 Å². The van der Waals surface area contributed by atoms with Crippen molar-refractivity contribution in [3.05, 3.63) is 24.2 Å². The number of furan rings is 1. The van der Waals surface area contributed by atoms with Crippen molar-refractivity contribution in [2.75, 3.05) is 0 Å². The third kappa shape index (κ3) is 4.59. The normalized spacial score (nSPS) is 20.4. The molecule has 0 radical (unpaired) electrons. The maximum Gasteiger partial charge on any atom is 0.309 e. The molecule has 6 heteroatoms. The minimum atomic E-state index is -0.634. The van der Waals surface area contributed by atoms with Gasteiger partial charge in [0.25, 0.3) is 0 Å². The summed E-state index contributed by atoms with van der Waals surface area (Å²) in [7, 11) is 0. The summed E-state index contributed by atoms with van der Waals surface area (Å²) in [6.45, 7) is 8.62. The molecule has 2 amide bonds. The van der Waals surface area contributed by atoms with Crippen molar-refractivity contribution in [2.24, 2.45) is 0 Å². The van der Waals surface area contributed by atoms with Crippen LogP contribution >= 0.6 is 0 Å². The molecule has 2 rings (SSSR count). The van der Waals surface area contributed by atoms with Gasteiger partial charge in [0.2, 0.25) is 0 Å². The Hall–Kier alpha value is -1.82. The molecule has 1 aliphatic heterocycles. The van der Waals surface area contributed by atoms with Crippen molar-refractivity contribution in [2.45, 2.75) is 64.2 Å². The van der Waals surface area contributed by atoms with Crippen LogP contribution in [0.5, 0.6) is 0 Å². The van der Waals surface area contributed by atoms with Crippen LogP contribution in [0.2, 0.25) is 0 Å². The number of amides is 2. The summed E-state index contributed by atoms with van der Waals surface area (Å²) < 4.78 is 5.11. The van der Waals surface area contributed by atoms with Gasteiger partial charge < -0.3 is 20.4 Å². The SMILES string of the molecule is CC1(C)CC(NC(=O)C(=O)NCc2ccco2)CC(C)(C)N1. The molecule has 1 aliphatic rings. The summed E-state index contributed by atoms with van der Waals surface area (Å²) in [6, 6.07) is 3.46.